The first-order chi connectivity index (χ1) is 10.1. The molecule has 2 unspecified atom stereocenters. The summed E-state index contributed by atoms with van der Waals surface area (Å²) in [6, 6.07) is 6.70. The summed E-state index contributed by atoms with van der Waals surface area (Å²) in [5.41, 5.74) is 2.40. The zero-order valence-electron chi connectivity index (χ0n) is 14.2. The van der Waals surface area contributed by atoms with E-state index in [1.54, 1.807) is 7.11 Å². The van der Waals surface area contributed by atoms with Gasteiger partial charge in [0.05, 0.1) is 13.7 Å². The number of ether oxygens (including phenoxy) is 2. The van der Waals surface area contributed by atoms with Gasteiger partial charge in [-0.25, -0.2) is 0 Å². The fourth-order valence-electron chi connectivity index (χ4n) is 2.55. The van der Waals surface area contributed by atoms with Crippen LogP contribution in [0, 0.1) is 5.92 Å². The highest BCUT2D eigenvalue weighted by Gasteiger charge is 2.10. The van der Waals surface area contributed by atoms with Gasteiger partial charge in [0.15, 0.2) is 0 Å². The molecule has 0 radical (unpaired) electrons. The first-order valence-corrected chi connectivity index (χ1v) is 8.10. The lowest BCUT2D eigenvalue weighted by atomic mass is 10.0. The van der Waals surface area contributed by atoms with Crippen LogP contribution < -0.4 is 10.1 Å². The van der Waals surface area contributed by atoms with E-state index in [4.69, 9.17) is 9.47 Å². The lowest BCUT2D eigenvalue weighted by Gasteiger charge is -2.17. The summed E-state index contributed by atoms with van der Waals surface area (Å²) >= 11 is 0. The third-order valence-electron chi connectivity index (χ3n) is 3.76. The zero-order chi connectivity index (χ0) is 15.7. The Morgan fingerprint density at radius 3 is 2.57 bits per heavy atom. The van der Waals surface area contributed by atoms with Gasteiger partial charge in [0.25, 0.3) is 0 Å². The summed E-state index contributed by atoms with van der Waals surface area (Å²) < 4.78 is 11.3. The maximum atomic E-state index is 5.87. The van der Waals surface area contributed by atoms with Gasteiger partial charge < -0.3 is 14.8 Å². The first-order valence-electron chi connectivity index (χ1n) is 8.10. The number of nitrogens with one attached hydrogen (secondary N) is 1. The van der Waals surface area contributed by atoms with Crippen molar-refractivity contribution in [2.45, 2.75) is 53.2 Å². The Labute approximate surface area is 130 Å². The van der Waals surface area contributed by atoms with E-state index >= 15 is 0 Å². The normalized spacial score (nSPS) is 14.0. The minimum Gasteiger partial charge on any atom is -0.496 e. The summed E-state index contributed by atoms with van der Waals surface area (Å²) in [4.78, 5) is 0. The van der Waals surface area contributed by atoms with Crippen LogP contribution in [0.25, 0.3) is 0 Å². The summed E-state index contributed by atoms with van der Waals surface area (Å²) in [6.45, 7) is 11.1. The Kier molecular flexibility index (Phi) is 8.40. The number of rotatable bonds is 10. The number of hydrogen-bond acceptors (Lipinski definition) is 3. The molecule has 0 amide bonds. The van der Waals surface area contributed by atoms with Gasteiger partial charge in [-0.05, 0) is 43.5 Å². The second-order valence-corrected chi connectivity index (χ2v) is 5.76. The molecule has 2 atom stereocenters. The molecule has 0 aliphatic heterocycles. The molecule has 0 spiro atoms. The van der Waals surface area contributed by atoms with E-state index in [0.717, 1.165) is 24.5 Å². The summed E-state index contributed by atoms with van der Waals surface area (Å²) in [5.74, 6) is 1.52. The highest BCUT2D eigenvalue weighted by molar-refractivity contribution is 5.38. The van der Waals surface area contributed by atoms with E-state index < -0.39 is 0 Å². The molecule has 0 aromatic heterocycles. The predicted molar refractivity (Wildman–Crippen MR) is 88.8 cm³/mol. The van der Waals surface area contributed by atoms with E-state index in [9.17, 15) is 0 Å². The Bertz CT molecular complexity index is 406. The van der Waals surface area contributed by atoms with Crippen LogP contribution in [-0.4, -0.2) is 20.3 Å². The summed E-state index contributed by atoms with van der Waals surface area (Å²) in [6.07, 6.45) is 2.43. The van der Waals surface area contributed by atoms with Gasteiger partial charge in [-0.15, -0.1) is 0 Å². The minimum absolute atomic E-state index is 0.346. The van der Waals surface area contributed by atoms with Crippen LogP contribution in [0.15, 0.2) is 18.2 Å². The molecular weight excluding hydrogens is 262 g/mol. The van der Waals surface area contributed by atoms with Crippen LogP contribution in [0.4, 0.5) is 0 Å². The van der Waals surface area contributed by atoms with E-state index in [0.29, 0.717) is 18.6 Å². The molecule has 1 aromatic rings. The monoisotopic (exact) mass is 293 g/mol. The molecule has 3 heteroatoms. The molecule has 1 N–H and O–H groups in total. The molecule has 0 saturated carbocycles. The molecule has 0 aliphatic carbocycles. The van der Waals surface area contributed by atoms with Gasteiger partial charge >= 0.3 is 0 Å². The maximum absolute atomic E-state index is 5.87. The second kappa shape index (κ2) is 9.80. The molecule has 0 fully saturated rings. The molecule has 0 heterocycles. The van der Waals surface area contributed by atoms with Crippen molar-refractivity contribution in [1.29, 1.82) is 0 Å². The molecule has 1 aromatic carbocycles. The Hall–Kier alpha value is -1.06. The van der Waals surface area contributed by atoms with Crippen LogP contribution in [0.1, 0.15) is 57.7 Å². The van der Waals surface area contributed by atoms with Crippen molar-refractivity contribution in [3.63, 3.8) is 0 Å². The summed E-state index contributed by atoms with van der Waals surface area (Å²) in [5, 5.41) is 3.44. The molecule has 120 valence electrons. The van der Waals surface area contributed by atoms with Crippen LogP contribution in [0.3, 0.4) is 0 Å². The topological polar surface area (TPSA) is 30.5 Å². The van der Waals surface area contributed by atoms with Gasteiger partial charge in [-0.2, -0.15) is 0 Å². The fourth-order valence-corrected chi connectivity index (χ4v) is 2.55. The SMILES string of the molecule is CCCC(C)COCc1cc(C(C)NCC)ccc1OC. The molecular formula is C18H31NO2. The molecule has 0 saturated heterocycles. The average molecular weight is 293 g/mol. The average Bonchev–Trinajstić information content (AvgIpc) is 2.47. The van der Waals surface area contributed by atoms with E-state index in [1.165, 1.54) is 18.4 Å². The van der Waals surface area contributed by atoms with Crippen molar-refractivity contribution in [3.8, 4) is 5.75 Å². The molecule has 3 nitrogen and oxygen atoms in total. The largest absolute Gasteiger partial charge is 0.496 e. The predicted octanol–water partition coefficient (Wildman–Crippen LogP) is 4.32. The van der Waals surface area contributed by atoms with Gasteiger partial charge in [0, 0.05) is 18.2 Å². The van der Waals surface area contributed by atoms with Crippen molar-refractivity contribution < 1.29 is 9.47 Å². The second-order valence-electron chi connectivity index (χ2n) is 5.76. The van der Waals surface area contributed by atoms with Gasteiger partial charge in [-0.1, -0.05) is 33.3 Å². The zero-order valence-corrected chi connectivity index (χ0v) is 14.2. The molecule has 1 rings (SSSR count). The van der Waals surface area contributed by atoms with E-state index in [-0.39, 0.29) is 0 Å². The third-order valence-corrected chi connectivity index (χ3v) is 3.76. The number of hydrogen-bond donors (Lipinski definition) is 1. The minimum atomic E-state index is 0.346. The highest BCUT2D eigenvalue weighted by atomic mass is 16.5. The van der Waals surface area contributed by atoms with E-state index in [1.807, 2.05) is 6.07 Å². The Balaban J connectivity index is 2.67. The van der Waals surface area contributed by atoms with Gasteiger partial charge in [0.1, 0.15) is 5.75 Å². The number of benzene rings is 1. The smallest absolute Gasteiger partial charge is 0.124 e. The van der Waals surface area contributed by atoms with Gasteiger partial charge in [-0.3, -0.25) is 0 Å². The lowest BCUT2D eigenvalue weighted by molar-refractivity contribution is 0.0878. The van der Waals surface area contributed by atoms with Crippen molar-refractivity contribution in [3.05, 3.63) is 29.3 Å². The molecule has 0 bridgehead atoms. The van der Waals surface area contributed by atoms with Crippen LogP contribution in [0.5, 0.6) is 5.75 Å². The van der Waals surface area contributed by atoms with Crippen molar-refractivity contribution in [2.24, 2.45) is 5.92 Å². The first kappa shape index (κ1) is 18.0. The fraction of sp³-hybridized carbons (Fsp3) is 0.667. The number of methoxy groups -OCH3 is 1. The lowest BCUT2D eigenvalue weighted by Crippen LogP contribution is -2.18. The highest BCUT2D eigenvalue weighted by Crippen LogP contribution is 2.24. The molecule has 21 heavy (non-hydrogen) atoms. The van der Waals surface area contributed by atoms with Crippen LogP contribution >= 0.6 is 0 Å². The third kappa shape index (κ3) is 6.06. The molecule has 0 aliphatic rings. The van der Waals surface area contributed by atoms with Crippen LogP contribution in [0.2, 0.25) is 0 Å². The van der Waals surface area contributed by atoms with E-state index in [2.05, 4.69) is 45.1 Å². The quantitative estimate of drug-likeness (QED) is 0.697. The maximum Gasteiger partial charge on any atom is 0.124 e. The van der Waals surface area contributed by atoms with Crippen molar-refractivity contribution in [2.75, 3.05) is 20.3 Å². The Morgan fingerprint density at radius 1 is 1.19 bits per heavy atom. The standard InChI is InChI=1S/C18H31NO2/c1-6-8-14(3)12-21-13-17-11-16(15(4)19-7-2)9-10-18(17)20-5/h9-11,14-15,19H,6-8,12-13H2,1-5H3. The summed E-state index contributed by atoms with van der Waals surface area (Å²) in [7, 11) is 1.71. The van der Waals surface area contributed by atoms with Crippen molar-refractivity contribution in [1.82, 2.24) is 5.32 Å². The Morgan fingerprint density at radius 2 is 1.95 bits per heavy atom. The van der Waals surface area contributed by atoms with Gasteiger partial charge in [0.2, 0.25) is 0 Å². The van der Waals surface area contributed by atoms with Crippen molar-refractivity contribution >= 4 is 0 Å². The van der Waals surface area contributed by atoms with Crippen LogP contribution in [-0.2, 0) is 11.3 Å².